The van der Waals surface area contributed by atoms with Crippen LogP contribution < -0.4 is 10.2 Å². The van der Waals surface area contributed by atoms with E-state index in [9.17, 15) is 14.0 Å². The summed E-state index contributed by atoms with van der Waals surface area (Å²) in [4.78, 5) is 29.0. The van der Waals surface area contributed by atoms with Crippen molar-refractivity contribution < 1.29 is 14.0 Å². The highest BCUT2D eigenvalue weighted by atomic mass is 19.1. The molecule has 1 aromatic heterocycles. The minimum atomic E-state index is -1.19. The zero-order chi connectivity index (χ0) is 23.8. The summed E-state index contributed by atoms with van der Waals surface area (Å²) in [5, 5.41) is 7.94. The van der Waals surface area contributed by atoms with Gasteiger partial charge >= 0.3 is 0 Å². The van der Waals surface area contributed by atoms with Crippen LogP contribution in [0.5, 0.6) is 0 Å². The van der Waals surface area contributed by atoms with Gasteiger partial charge in [0, 0.05) is 17.1 Å². The Morgan fingerprint density at radius 2 is 1.70 bits per heavy atom. The van der Waals surface area contributed by atoms with Gasteiger partial charge in [-0.25, -0.2) is 4.39 Å². The quantitative estimate of drug-likeness (QED) is 0.712. The molecule has 1 aromatic carbocycles. The molecule has 0 spiro atoms. The first-order chi connectivity index (χ1) is 15.6. The molecule has 178 valence electrons. The number of anilines is 1. The van der Waals surface area contributed by atoms with Gasteiger partial charge in [-0.15, -0.1) is 0 Å². The molecule has 2 aromatic rings. The average Bonchev–Trinajstić information content (AvgIpc) is 3.16. The number of amides is 2. The fraction of sp³-hybridized carbons (Fsp3) is 0.577. The van der Waals surface area contributed by atoms with E-state index in [2.05, 4.69) is 5.32 Å². The molecule has 0 unspecified atom stereocenters. The van der Waals surface area contributed by atoms with Crippen molar-refractivity contribution in [3.63, 3.8) is 0 Å². The topological polar surface area (TPSA) is 67.2 Å². The molecule has 1 saturated carbocycles. The second-order valence-corrected chi connectivity index (χ2v) is 10.7. The Kier molecular flexibility index (Phi) is 6.34. The van der Waals surface area contributed by atoms with E-state index in [1.807, 2.05) is 26.8 Å². The van der Waals surface area contributed by atoms with E-state index in [1.54, 1.807) is 23.7 Å². The number of nitrogens with zero attached hydrogens (tertiary/aromatic N) is 3. The molecule has 1 aliphatic heterocycles. The Labute approximate surface area is 195 Å². The highest BCUT2D eigenvalue weighted by Crippen LogP contribution is 2.35. The smallest absolute Gasteiger partial charge is 0.277 e. The normalized spacial score (nSPS) is 22.5. The number of aromatic nitrogens is 2. The van der Waals surface area contributed by atoms with Crippen LogP contribution in [0.1, 0.15) is 88.8 Å². The van der Waals surface area contributed by atoms with Crippen LogP contribution in [0.2, 0.25) is 0 Å². The molecule has 7 heteroatoms. The predicted molar refractivity (Wildman–Crippen MR) is 127 cm³/mol. The highest BCUT2D eigenvalue weighted by molar-refractivity contribution is 6.11. The monoisotopic (exact) mass is 454 g/mol. The molecule has 0 bridgehead atoms. The lowest BCUT2D eigenvalue weighted by atomic mass is 9.90. The van der Waals surface area contributed by atoms with Crippen LogP contribution in [0, 0.1) is 5.82 Å². The Balaban J connectivity index is 1.72. The molecule has 4 rings (SSSR count). The Hall–Kier alpha value is -2.70. The van der Waals surface area contributed by atoms with E-state index >= 15 is 0 Å². The summed E-state index contributed by atoms with van der Waals surface area (Å²) in [6.45, 7) is 8.16. The van der Waals surface area contributed by atoms with E-state index in [0.29, 0.717) is 11.4 Å². The number of hydrogen-bond acceptors (Lipinski definition) is 3. The fourth-order valence-electron chi connectivity index (χ4n) is 4.88. The molecule has 6 nitrogen and oxygen atoms in total. The molecule has 2 amide bonds. The third-order valence-corrected chi connectivity index (χ3v) is 6.94. The number of nitrogens with one attached hydrogen (secondary N) is 1. The van der Waals surface area contributed by atoms with Crippen molar-refractivity contribution in [1.29, 1.82) is 0 Å². The summed E-state index contributed by atoms with van der Waals surface area (Å²) >= 11 is 0. The fourth-order valence-corrected chi connectivity index (χ4v) is 4.88. The minimum absolute atomic E-state index is 0.101. The molecule has 1 atom stereocenters. The lowest BCUT2D eigenvalue weighted by molar-refractivity contribution is -0.127. The van der Waals surface area contributed by atoms with Crippen molar-refractivity contribution in [3.8, 4) is 0 Å². The van der Waals surface area contributed by atoms with Crippen molar-refractivity contribution in [2.75, 3.05) is 4.90 Å². The van der Waals surface area contributed by atoms with Crippen LogP contribution in [-0.4, -0.2) is 33.2 Å². The summed E-state index contributed by atoms with van der Waals surface area (Å²) in [6.07, 6.45) is 7.73. The van der Waals surface area contributed by atoms with Crippen LogP contribution in [0.25, 0.3) is 0 Å². The van der Waals surface area contributed by atoms with Crippen LogP contribution in [0.15, 0.2) is 30.3 Å². The standard InChI is InChI=1S/C26H35FN4O2/c1-25(2,3)22-16-21-23(32)31(20-14-12-18(27)13-15-20)26(4,17-30(21)29-22)24(33)28-19-10-8-6-5-7-9-11-19/h12-16,19H,5-11,17H2,1-4H3,(H,28,33)/t26-/m0/s1. The van der Waals surface area contributed by atoms with E-state index < -0.39 is 5.54 Å². The molecule has 2 heterocycles. The summed E-state index contributed by atoms with van der Waals surface area (Å²) in [5.41, 5.74) is 0.324. The van der Waals surface area contributed by atoms with Crippen LogP contribution in [-0.2, 0) is 16.8 Å². The molecular formula is C26H35FN4O2. The van der Waals surface area contributed by atoms with Gasteiger partial charge in [0.15, 0.2) is 0 Å². The summed E-state index contributed by atoms with van der Waals surface area (Å²) in [5.74, 6) is -0.876. The van der Waals surface area contributed by atoms with Crippen molar-refractivity contribution in [2.24, 2.45) is 0 Å². The van der Waals surface area contributed by atoms with Gasteiger partial charge in [0.25, 0.3) is 5.91 Å². The molecule has 0 saturated heterocycles. The van der Waals surface area contributed by atoms with Gasteiger partial charge in [-0.1, -0.05) is 52.9 Å². The zero-order valence-electron chi connectivity index (χ0n) is 20.2. The number of benzene rings is 1. The number of carbonyl (C=O) groups is 2. The lowest BCUT2D eigenvalue weighted by Crippen LogP contribution is -2.65. The van der Waals surface area contributed by atoms with Gasteiger partial charge in [-0.05, 0) is 50.1 Å². The summed E-state index contributed by atoms with van der Waals surface area (Å²) < 4.78 is 15.3. The van der Waals surface area contributed by atoms with Crippen molar-refractivity contribution in [3.05, 3.63) is 47.5 Å². The number of carbonyl (C=O) groups excluding carboxylic acids is 2. The van der Waals surface area contributed by atoms with Crippen LogP contribution in [0.4, 0.5) is 10.1 Å². The van der Waals surface area contributed by atoms with Crippen molar-refractivity contribution in [2.45, 2.75) is 96.2 Å². The molecule has 2 aliphatic rings. The van der Waals surface area contributed by atoms with E-state index in [0.717, 1.165) is 31.4 Å². The first-order valence-corrected chi connectivity index (χ1v) is 12.1. The van der Waals surface area contributed by atoms with Gasteiger partial charge in [0.1, 0.15) is 17.1 Å². The van der Waals surface area contributed by atoms with Gasteiger partial charge in [0.2, 0.25) is 5.91 Å². The van der Waals surface area contributed by atoms with Crippen molar-refractivity contribution in [1.82, 2.24) is 15.1 Å². The molecule has 33 heavy (non-hydrogen) atoms. The Morgan fingerprint density at radius 3 is 2.30 bits per heavy atom. The number of fused-ring (bicyclic) bond motifs is 1. The zero-order valence-corrected chi connectivity index (χ0v) is 20.2. The Morgan fingerprint density at radius 1 is 1.09 bits per heavy atom. The lowest BCUT2D eigenvalue weighted by Gasteiger charge is -2.43. The molecular weight excluding hydrogens is 419 g/mol. The molecule has 1 aliphatic carbocycles. The third kappa shape index (κ3) is 4.68. The van der Waals surface area contributed by atoms with Crippen LogP contribution >= 0.6 is 0 Å². The maximum absolute atomic E-state index is 13.8. The maximum Gasteiger partial charge on any atom is 0.277 e. The van der Waals surface area contributed by atoms with Gasteiger partial charge < -0.3 is 5.32 Å². The van der Waals surface area contributed by atoms with Gasteiger partial charge in [-0.3, -0.25) is 19.2 Å². The summed E-state index contributed by atoms with van der Waals surface area (Å²) in [7, 11) is 0. The second kappa shape index (κ2) is 8.92. The van der Waals surface area contributed by atoms with Gasteiger partial charge in [-0.2, -0.15) is 5.10 Å². The number of halogens is 1. The second-order valence-electron chi connectivity index (χ2n) is 10.7. The van der Waals surface area contributed by atoms with Crippen LogP contribution in [0.3, 0.4) is 0 Å². The first-order valence-electron chi connectivity index (χ1n) is 12.1. The van der Waals surface area contributed by atoms with E-state index in [-0.39, 0.29) is 35.6 Å². The average molecular weight is 455 g/mol. The SMILES string of the molecule is CC(C)(C)c1cc2n(n1)C[C@@](C)(C(=O)NC1CCCCCCC1)N(c1ccc(F)cc1)C2=O. The molecule has 1 fully saturated rings. The molecule has 1 N–H and O–H groups in total. The van der Waals surface area contributed by atoms with E-state index in [4.69, 9.17) is 5.10 Å². The third-order valence-electron chi connectivity index (χ3n) is 6.94. The maximum atomic E-state index is 13.8. The largest absolute Gasteiger partial charge is 0.351 e. The molecule has 0 radical (unpaired) electrons. The van der Waals surface area contributed by atoms with Crippen molar-refractivity contribution >= 4 is 17.5 Å². The highest BCUT2D eigenvalue weighted by Gasteiger charge is 2.49. The van der Waals surface area contributed by atoms with E-state index in [1.165, 1.54) is 36.3 Å². The minimum Gasteiger partial charge on any atom is -0.351 e. The summed E-state index contributed by atoms with van der Waals surface area (Å²) in [6, 6.07) is 7.68. The van der Waals surface area contributed by atoms with Gasteiger partial charge in [0.05, 0.1) is 12.2 Å². The number of rotatable bonds is 3. The number of hydrogen-bond donors (Lipinski definition) is 1. The first kappa shape index (κ1) is 23.5. The predicted octanol–water partition coefficient (Wildman–Crippen LogP) is 4.97. The Bertz CT molecular complexity index is 1020.